The van der Waals surface area contributed by atoms with Crippen molar-refractivity contribution in [3.05, 3.63) is 0 Å². The molecule has 0 N–H and O–H groups in total. The first-order chi connectivity index (χ1) is 4.74. The van der Waals surface area contributed by atoms with Gasteiger partial charge >= 0.3 is 0 Å². The lowest BCUT2D eigenvalue weighted by molar-refractivity contribution is -0.167. The molecule has 0 rings (SSSR count). The van der Waals surface area contributed by atoms with E-state index in [0.29, 0.717) is 0 Å². The fourth-order valence-corrected chi connectivity index (χ4v) is 0. The molecular weight excluding hydrogens is 159 g/mol. The van der Waals surface area contributed by atoms with Crippen LogP contribution in [-0.2, 0) is 4.94 Å². The van der Waals surface area contributed by atoms with Crippen LogP contribution in [0.15, 0.2) is 0 Å². The Balaban J connectivity index is -0.0000000750. The highest BCUT2D eigenvalue weighted by Gasteiger charge is 1.62. The normalized spacial score (nSPS) is 6.60. The van der Waals surface area contributed by atoms with Gasteiger partial charge in [0.2, 0.25) is 13.8 Å². The number of hydrogen-bond acceptors (Lipinski definition) is 1. The van der Waals surface area contributed by atoms with E-state index in [0.717, 1.165) is 0 Å². The largest absolute Gasteiger partial charge is 0.251 e. The Morgan fingerprint density at radius 1 is 1.10 bits per heavy atom. The van der Waals surface area contributed by atoms with Crippen LogP contribution in [0, 0.1) is 0 Å². The zero-order valence-electron chi connectivity index (χ0n) is 5.42. The van der Waals surface area contributed by atoms with Gasteiger partial charge in [-0.15, -0.1) is 0 Å². The van der Waals surface area contributed by atoms with Crippen molar-refractivity contribution in [1.82, 2.24) is 0 Å². The lowest BCUT2D eigenvalue weighted by atomic mass is 10.9. The highest BCUT2D eigenvalue weighted by molar-refractivity contribution is 3.86. The Bertz CT molecular complexity index is 25.6. The molecule has 0 aromatic heterocycles. The van der Waals surface area contributed by atoms with Crippen molar-refractivity contribution in [2.75, 3.05) is 20.5 Å². The number of halogens is 5. The third kappa shape index (κ3) is 894. The lowest BCUT2D eigenvalue weighted by Crippen LogP contribution is -1.63. The first-order valence-corrected chi connectivity index (χ1v) is 2.22. The molecule has 0 atom stereocenters. The molecule has 0 aromatic carbocycles. The molecule has 6 heteroatoms. The van der Waals surface area contributed by atoms with Crippen LogP contribution in [-0.4, -0.2) is 20.5 Å². The molecule has 66 valence electrons. The van der Waals surface area contributed by atoms with Gasteiger partial charge in [-0.1, -0.05) is 0 Å². The van der Waals surface area contributed by atoms with Crippen LogP contribution in [0.1, 0.15) is 6.92 Å². The number of hydrogen-bond donors (Lipinski definition) is 0. The summed E-state index contributed by atoms with van der Waals surface area (Å²) in [5.74, 6) is 0. The quantitative estimate of drug-likeness (QED) is 0.547. The third-order valence-corrected chi connectivity index (χ3v) is 0.0412. The van der Waals surface area contributed by atoms with Gasteiger partial charge in [0.1, 0.15) is 0 Å². The minimum absolute atomic E-state index is 0.250. The summed E-state index contributed by atoms with van der Waals surface area (Å²) in [6.07, 6.45) is 0. The Labute approximate surface area is 55.7 Å². The van der Waals surface area contributed by atoms with Gasteiger partial charge in [-0.25, -0.2) is 13.2 Å². The van der Waals surface area contributed by atoms with E-state index in [4.69, 9.17) is 0 Å². The summed E-state index contributed by atoms with van der Waals surface area (Å²) < 4.78 is 49.5. The van der Waals surface area contributed by atoms with Gasteiger partial charge < -0.3 is 0 Å². The first kappa shape index (κ1) is 16.3. The first-order valence-electron chi connectivity index (χ1n) is 2.22. The summed E-state index contributed by atoms with van der Waals surface area (Å²) in [5, 5.41) is 0. The minimum Gasteiger partial charge on any atom is -0.251 e. The molecule has 0 amide bonds. The molecule has 10 heavy (non-hydrogen) atoms. The fourth-order valence-electron chi connectivity index (χ4n) is 0. The van der Waals surface area contributed by atoms with Crippen LogP contribution in [0.4, 0.5) is 22.1 Å². The molecule has 0 saturated heterocycles. The topological polar surface area (TPSA) is 9.23 Å². The number of rotatable bonds is 1. The summed E-state index contributed by atoms with van der Waals surface area (Å²) in [6, 6.07) is 0. The fraction of sp³-hybridized carbons (Fsp3) is 1.00. The third-order valence-electron chi connectivity index (χ3n) is 0.0412. The van der Waals surface area contributed by atoms with Crippen molar-refractivity contribution >= 4 is 0 Å². The van der Waals surface area contributed by atoms with Crippen LogP contribution in [0.5, 0.6) is 0 Å². The maximum atomic E-state index is 10.3. The van der Waals surface area contributed by atoms with Gasteiger partial charge in [-0.2, -0.15) is 4.94 Å². The second-order valence-corrected chi connectivity index (χ2v) is 0.586. The molecule has 0 heterocycles. The van der Waals surface area contributed by atoms with E-state index in [1.165, 1.54) is 6.92 Å². The molecule has 0 fully saturated rings. The van der Waals surface area contributed by atoms with Gasteiger partial charge in [0, 0.05) is 0 Å². The molecule has 0 saturated carbocycles. The summed E-state index contributed by atoms with van der Waals surface area (Å²) in [4.78, 5) is 2.38. The molecule has 0 spiro atoms. The van der Waals surface area contributed by atoms with Crippen molar-refractivity contribution in [2.24, 2.45) is 0 Å². The Morgan fingerprint density at radius 3 is 1.20 bits per heavy atom. The highest BCUT2D eigenvalue weighted by Crippen LogP contribution is 1.67. The number of alkyl halides is 4. The molecular formula is C4H9F5O. The van der Waals surface area contributed by atoms with Crippen LogP contribution in [0.25, 0.3) is 0 Å². The van der Waals surface area contributed by atoms with Gasteiger partial charge in [-0.3, -0.25) is 4.39 Å². The van der Waals surface area contributed by atoms with Crippen LogP contribution in [0.3, 0.4) is 0 Å². The SMILES string of the molecule is CCF.FCF.FCOF. The Hall–Kier alpha value is -0.390. The van der Waals surface area contributed by atoms with E-state index in [1.54, 1.807) is 0 Å². The van der Waals surface area contributed by atoms with E-state index in [-0.39, 0.29) is 6.67 Å². The second-order valence-electron chi connectivity index (χ2n) is 0.586. The Morgan fingerprint density at radius 2 is 1.20 bits per heavy atom. The van der Waals surface area contributed by atoms with Gasteiger partial charge in [0.25, 0.3) is 0 Å². The smallest absolute Gasteiger partial charge is 0.229 e. The molecule has 1 nitrogen and oxygen atoms in total. The van der Waals surface area contributed by atoms with Crippen molar-refractivity contribution in [2.45, 2.75) is 6.92 Å². The molecule has 0 unspecified atom stereocenters. The molecule has 0 radical (unpaired) electrons. The van der Waals surface area contributed by atoms with Crippen molar-refractivity contribution in [3.63, 3.8) is 0 Å². The average Bonchev–Trinajstić information content (AvgIpc) is 1.91. The summed E-state index contributed by atoms with van der Waals surface area (Å²) in [5.41, 5.74) is 0. The molecule has 0 aliphatic heterocycles. The summed E-state index contributed by atoms with van der Waals surface area (Å²) >= 11 is 0. The molecule has 0 aliphatic carbocycles. The second kappa shape index (κ2) is 38.3. The maximum absolute atomic E-state index is 10.3. The van der Waals surface area contributed by atoms with E-state index < -0.39 is 13.8 Å². The van der Waals surface area contributed by atoms with Gasteiger partial charge in [0.15, 0.2) is 0 Å². The molecule has 0 aliphatic rings. The maximum Gasteiger partial charge on any atom is 0.229 e. The molecule has 0 aromatic rings. The Kier molecular flexibility index (Phi) is 62.4. The van der Waals surface area contributed by atoms with Crippen LogP contribution >= 0.6 is 0 Å². The summed E-state index contributed by atoms with van der Waals surface area (Å²) in [7, 11) is 0. The van der Waals surface area contributed by atoms with Crippen LogP contribution < -0.4 is 0 Å². The van der Waals surface area contributed by atoms with Gasteiger partial charge in [0.05, 0.1) is 6.67 Å². The summed E-state index contributed by atoms with van der Waals surface area (Å²) in [6.45, 7) is -1.89. The average molecular weight is 168 g/mol. The van der Waals surface area contributed by atoms with E-state index >= 15 is 0 Å². The van der Waals surface area contributed by atoms with Crippen molar-refractivity contribution < 1.29 is 27.0 Å². The standard InChI is InChI=1S/C2H5F.CH2F2O.CH2F2/c1-2-3;2-1-4-3;2-1-3/h2H2,1H3;1H2;1H2. The monoisotopic (exact) mass is 168 g/mol. The predicted molar refractivity (Wildman–Crippen MR) is 26.9 cm³/mol. The predicted octanol–water partition coefficient (Wildman–Crippen LogP) is 2.67. The highest BCUT2D eigenvalue weighted by atomic mass is 19.3. The van der Waals surface area contributed by atoms with Crippen molar-refractivity contribution in [3.8, 4) is 0 Å². The lowest BCUT2D eigenvalue weighted by Gasteiger charge is -1.64. The van der Waals surface area contributed by atoms with Crippen molar-refractivity contribution in [1.29, 1.82) is 0 Å². The van der Waals surface area contributed by atoms with Gasteiger partial charge in [-0.05, 0) is 11.4 Å². The van der Waals surface area contributed by atoms with E-state index in [1.807, 2.05) is 0 Å². The zero-order chi connectivity index (χ0) is 8.83. The zero-order valence-corrected chi connectivity index (χ0v) is 5.42. The minimum atomic E-state index is -1.75. The van der Waals surface area contributed by atoms with Crippen LogP contribution in [0.2, 0.25) is 0 Å². The van der Waals surface area contributed by atoms with E-state index in [9.17, 15) is 22.1 Å². The molecule has 0 bridgehead atoms. The van der Waals surface area contributed by atoms with E-state index in [2.05, 4.69) is 4.94 Å².